The van der Waals surface area contributed by atoms with Gasteiger partial charge in [0.05, 0.1) is 11.4 Å². The second kappa shape index (κ2) is 4.64. The van der Waals surface area contributed by atoms with Gasteiger partial charge in [-0.2, -0.15) is 11.3 Å². The molecule has 0 bridgehead atoms. The van der Waals surface area contributed by atoms with Crippen LogP contribution in [0.4, 0.5) is 11.4 Å². The molecule has 0 spiro atoms. The molecule has 0 unspecified atom stereocenters. The standard InChI is InChI=1S/C13H11N3OS2/c1-7-2-3-9-10(14)11(19-13(9)15-7)12(17)16-8-4-5-18-6-8/h2-6H,14H2,1H3,(H,16,17). The second-order valence-electron chi connectivity index (χ2n) is 4.12. The van der Waals surface area contributed by atoms with Crippen LogP contribution < -0.4 is 11.1 Å². The topological polar surface area (TPSA) is 68.0 Å². The van der Waals surface area contributed by atoms with Gasteiger partial charge in [0.1, 0.15) is 9.71 Å². The van der Waals surface area contributed by atoms with Crippen LogP contribution in [0.5, 0.6) is 0 Å². The molecule has 0 aliphatic carbocycles. The first kappa shape index (κ1) is 12.1. The van der Waals surface area contributed by atoms with Crippen LogP contribution in [0.2, 0.25) is 0 Å². The summed E-state index contributed by atoms with van der Waals surface area (Å²) in [7, 11) is 0. The number of nitrogens with zero attached hydrogens (tertiary/aromatic N) is 1. The van der Waals surface area contributed by atoms with Gasteiger partial charge in [0.25, 0.3) is 5.91 Å². The first-order valence-electron chi connectivity index (χ1n) is 5.64. The third-order valence-electron chi connectivity index (χ3n) is 2.72. The Morgan fingerprint density at radius 3 is 2.95 bits per heavy atom. The smallest absolute Gasteiger partial charge is 0.267 e. The van der Waals surface area contributed by atoms with E-state index in [1.165, 1.54) is 22.7 Å². The molecule has 96 valence electrons. The molecule has 0 aliphatic heterocycles. The van der Waals surface area contributed by atoms with E-state index in [9.17, 15) is 4.79 Å². The van der Waals surface area contributed by atoms with E-state index < -0.39 is 0 Å². The van der Waals surface area contributed by atoms with Gasteiger partial charge >= 0.3 is 0 Å². The summed E-state index contributed by atoms with van der Waals surface area (Å²) >= 11 is 2.86. The molecule has 0 radical (unpaired) electrons. The van der Waals surface area contributed by atoms with Gasteiger partial charge < -0.3 is 11.1 Å². The molecule has 0 aliphatic rings. The quantitative estimate of drug-likeness (QED) is 0.758. The predicted octanol–water partition coefficient (Wildman–Crippen LogP) is 3.50. The van der Waals surface area contributed by atoms with E-state index in [1.807, 2.05) is 35.9 Å². The summed E-state index contributed by atoms with van der Waals surface area (Å²) in [6, 6.07) is 5.66. The van der Waals surface area contributed by atoms with Crippen molar-refractivity contribution in [2.45, 2.75) is 6.92 Å². The van der Waals surface area contributed by atoms with Crippen molar-refractivity contribution in [2.75, 3.05) is 11.1 Å². The van der Waals surface area contributed by atoms with E-state index in [0.29, 0.717) is 10.6 Å². The zero-order chi connectivity index (χ0) is 13.4. The number of aryl methyl sites for hydroxylation is 1. The average molecular weight is 289 g/mol. The number of carbonyl (C=O) groups is 1. The maximum atomic E-state index is 12.2. The van der Waals surface area contributed by atoms with Crippen molar-refractivity contribution < 1.29 is 4.79 Å². The maximum Gasteiger partial charge on any atom is 0.267 e. The lowest BCUT2D eigenvalue weighted by atomic mass is 10.2. The normalized spacial score (nSPS) is 10.8. The molecule has 3 aromatic rings. The molecule has 3 aromatic heterocycles. The number of nitrogens with one attached hydrogen (secondary N) is 1. The molecule has 3 N–H and O–H groups in total. The first-order chi connectivity index (χ1) is 9.15. The molecule has 19 heavy (non-hydrogen) atoms. The Bertz CT molecular complexity index is 747. The van der Waals surface area contributed by atoms with Crippen LogP contribution in [0.15, 0.2) is 29.0 Å². The number of nitrogens with two attached hydrogens (primary N) is 1. The van der Waals surface area contributed by atoms with E-state index in [1.54, 1.807) is 0 Å². The Balaban J connectivity index is 2.00. The predicted molar refractivity (Wildman–Crippen MR) is 81.0 cm³/mol. The summed E-state index contributed by atoms with van der Waals surface area (Å²) in [4.78, 5) is 17.9. The van der Waals surface area contributed by atoms with Gasteiger partial charge in [-0.15, -0.1) is 11.3 Å². The molecule has 3 heterocycles. The van der Waals surface area contributed by atoms with Crippen LogP contribution in [0, 0.1) is 6.92 Å². The largest absolute Gasteiger partial charge is 0.397 e. The Hall–Kier alpha value is -1.92. The number of carbonyl (C=O) groups excluding carboxylic acids is 1. The molecule has 0 saturated heterocycles. The molecule has 1 amide bonds. The van der Waals surface area contributed by atoms with Crippen LogP contribution in [-0.4, -0.2) is 10.9 Å². The highest BCUT2D eigenvalue weighted by molar-refractivity contribution is 7.21. The van der Waals surface area contributed by atoms with Crippen molar-refractivity contribution >= 4 is 50.2 Å². The van der Waals surface area contributed by atoms with Crippen molar-refractivity contribution in [2.24, 2.45) is 0 Å². The number of nitrogen functional groups attached to an aromatic ring is 1. The molecule has 4 nitrogen and oxygen atoms in total. The molecule has 0 aromatic carbocycles. The third kappa shape index (κ3) is 2.20. The number of hydrogen-bond acceptors (Lipinski definition) is 5. The zero-order valence-corrected chi connectivity index (χ0v) is 11.8. The van der Waals surface area contributed by atoms with Crippen molar-refractivity contribution in [1.82, 2.24) is 4.98 Å². The molecular formula is C13H11N3OS2. The zero-order valence-electron chi connectivity index (χ0n) is 10.1. The van der Waals surface area contributed by atoms with Crippen LogP contribution in [0.25, 0.3) is 10.2 Å². The highest BCUT2D eigenvalue weighted by atomic mass is 32.1. The third-order valence-corrected chi connectivity index (χ3v) is 4.52. The molecule has 0 fully saturated rings. The lowest BCUT2D eigenvalue weighted by Crippen LogP contribution is -2.11. The molecule has 0 atom stereocenters. The fourth-order valence-electron chi connectivity index (χ4n) is 1.78. The minimum Gasteiger partial charge on any atom is -0.397 e. The van der Waals surface area contributed by atoms with Gasteiger partial charge in [0, 0.05) is 16.5 Å². The number of rotatable bonds is 2. The number of amides is 1. The van der Waals surface area contributed by atoms with Gasteiger partial charge in [0.2, 0.25) is 0 Å². The Morgan fingerprint density at radius 1 is 1.37 bits per heavy atom. The second-order valence-corrected chi connectivity index (χ2v) is 5.90. The highest BCUT2D eigenvalue weighted by Gasteiger charge is 2.17. The van der Waals surface area contributed by atoms with Crippen molar-refractivity contribution in [3.63, 3.8) is 0 Å². The Labute approximate surface area is 117 Å². The van der Waals surface area contributed by atoms with Crippen molar-refractivity contribution in [3.8, 4) is 0 Å². The van der Waals surface area contributed by atoms with Crippen LogP contribution in [0.1, 0.15) is 15.4 Å². The highest BCUT2D eigenvalue weighted by Crippen LogP contribution is 2.33. The summed E-state index contributed by atoms with van der Waals surface area (Å²) in [6.45, 7) is 1.92. The van der Waals surface area contributed by atoms with E-state index in [0.717, 1.165) is 21.6 Å². The SMILES string of the molecule is Cc1ccc2c(N)c(C(=O)Nc3ccsc3)sc2n1. The average Bonchev–Trinajstić information content (AvgIpc) is 2.97. The number of hydrogen-bond donors (Lipinski definition) is 2. The van der Waals surface area contributed by atoms with Crippen LogP contribution in [-0.2, 0) is 0 Å². The Morgan fingerprint density at radius 2 is 2.21 bits per heavy atom. The fraction of sp³-hybridized carbons (Fsp3) is 0.0769. The number of pyridine rings is 1. The lowest BCUT2D eigenvalue weighted by Gasteiger charge is -2.00. The summed E-state index contributed by atoms with van der Waals surface area (Å²) in [5.41, 5.74) is 8.23. The van der Waals surface area contributed by atoms with E-state index >= 15 is 0 Å². The van der Waals surface area contributed by atoms with Gasteiger partial charge in [-0.3, -0.25) is 4.79 Å². The number of aromatic nitrogens is 1. The lowest BCUT2D eigenvalue weighted by molar-refractivity contribution is 0.103. The fourth-order valence-corrected chi connectivity index (χ4v) is 3.40. The summed E-state index contributed by atoms with van der Waals surface area (Å²) < 4.78 is 0. The summed E-state index contributed by atoms with van der Waals surface area (Å²) in [5.74, 6) is -0.184. The van der Waals surface area contributed by atoms with E-state index in [-0.39, 0.29) is 5.91 Å². The number of anilines is 2. The van der Waals surface area contributed by atoms with Gasteiger partial charge in [-0.1, -0.05) is 0 Å². The molecular weight excluding hydrogens is 278 g/mol. The van der Waals surface area contributed by atoms with E-state index in [2.05, 4.69) is 10.3 Å². The van der Waals surface area contributed by atoms with Crippen LogP contribution >= 0.6 is 22.7 Å². The van der Waals surface area contributed by atoms with E-state index in [4.69, 9.17) is 5.73 Å². The first-order valence-corrected chi connectivity index (χ1v) is 7.40. The minimum absolute atomic E-state index is 0.184. The maximum absolute atomic E-state index is 12.2. The van der Waals surface area contributed by atoms with Crippen molar-refractivity contribution in [1.29, 1.82) is 0 Å². The number of fused-ring (bicyclic) bond motifs is 1. The minimum atomic E-state index is -0.184. The summed E-state index contributed by atoms with van der Waals surface area (Å²) in [6.07, 6.45) is 0. The van der Waals surface area contributed by atoms with Crippen molar-refractivity contribution in [3.05, 3.63) is 39.5 Å². The van der Waals surface area contributed by atoms with Gasteiger partial charge in [-0.05, 0) is 30.5 Å². The molecule has 0 saturated carbocycles. The summed E-state index contributed by atoms with van der Waals surface area (Å²) in [5, 5.41) is 7.46. The molecule has 3 rings (SSSR count). The monoisotopic (exact) mass is 289 g/mol. The number of thiophene rings is 2. The Kier molecular flexibility index (Phi) is 2.96. The van der Waals surface area contributed by atoms with Gasteiger partial charge in [-0.25, -0.2) is 4.98 Å². The van der Waals surface area contributed by atoms with Gasteiger partial charge in [0.15, 0.2) is 0 Å². The molecule has 6 heteroatoms. The van der Waals surface area contributed by atoms with Crippen LogP contribution in [0.3, 0.4) is 0 Å².